The third kappa shape index (κ3) is 3.65. The van der Waals surface area contributed by atoms with Gasteiger partial charge in [0.25, 0.3) is 5.91 Å². The second kappa shape index (κ2) is 6.11. The molecule has 0 radical (unpaired) electrons. The summed E-state index contributed by atoms with van der Waals surface area (Å²) in [5, 5.41) is 4.82. The van der Waals surface area contributed by atoms with Gasteiger partial charge < -0.3 is 9.73 Å². The monoisotopic (exact) mass is 281 g/mol. The van der Waals surface area contributed by atoms with Gasteiger partial charge in [0.1, 0.15) is 5.76 Å². The lowest BCUT2D eigenvalue weighted by atomic mass is 10.1. The minimum Gasteiger partial charge on any atom is -0.469 e. The Morgan fingerprint density at radius 1 is 1.61 bits per heavy atom. The topological polar surface area (TPSA) is 42.2 Å². The number of hydrogen-bond donors (Lipinski definition) is 2. The van der Waals surface area contributed by atoms with Crippen LogP contribution in [0.15, 0.2) is 39.2 Å². The zero-order valence-electron chi connectivity index (χ0n) is 10.1. The minimum absolute atomic E-state index is 0.0350. The van der Waals surface area contributed by atoms with Crippen LogP contribution in [0.3, 0.4) is 0 Å². The molecule has 5 heteroatoms. The van der Waals surface area contributed by atoms with E-state index in [0.29, 0.717) is 4.88 Å². The van der Waals surface area contributed by atoms with Crippen LogP contribution in [0.25, 0.3) is 0 Å². The summed E-state index contributed by atoms with van der Waals surface area (Å²) in [6, 6.07) is 5.72. The Balaban J connectivity index is 1.80. The smallest absolute Gasteiger partial charge is 0.261 e. The van der Waals surface area contributed by atoms with Gasteiger partial charge in [-0.1, -0.05) is 0 Å². The van der Waals surface area contributed by atoms with Crippen molar-refractivity contribution in [1.29, 1.82) is 0 Å². The fourth-order valence-corrected chi connectivity index (χ4v) is 2.68. The van der Waals surface area contributed by atoms with E-state index in [9.17, 15) is 4.79 Å². The molecule has 0 bridgehead atoms. The fraction of sp³-hybridized carbons (Fsp3) is 0.308. The second-order valence-electron chi connectivity index (χ2n) is 4.16. The van der Waals surface area contributed by atoms with E-state index >= 15 is 0 Å². The number of carbonyl (C=O) groups is 1. The van der Waals surface area contributed by atoms with Crippen LogP contribution >= 0.6 is 24.0 Å². The first-order valence-electron chi connectivity index (χ1n) is 5.76. The van der Waals surface area contributed by atoms with Gasteiger partial charge in [0.15, 0.2) is 0 Å². The number of nitrogens with one attached hydrogen (secondary N) is 1. The maximum Gasteiger partial charge on any atom is 0.261 e. The maximum absolute atomic E-state index is 11.9. The van der Waals surface area contributed by atoms with Crippen LogP contribution in [0, 0.1) is 0 Å². The molecule has 0 saturated carbocycles. The molecule has 2 heterocycles. The van der Waals surface area contributed by atoms with Crippen molar-refractivity contribution in [2.45, 2.75) is 30.7 Å². The first-order valence-corrected chi connectivity index (χ1v) is 7.08. The molecule has 0 fully saturated rings. The summed E-state index contributed by atoms with van der Waals surface area (Å²) in [7, 11) is 0. The quantitative estimate of drug-likeness (QED) is 0.825. The van der Waals surface area contributed by atoms with Gasteiger partial charge in [0.2, 0.25) is 0 Å². The Morgan fingerprint density at radius 2 is 2.44 bits per heavy atom. The van der Waals surface area contributed by atoms with Crippen LogP contribution in [0.1, 0.15) is 28.8 Å². The highest BCUT2D eigenvalue weighted by Gasteiger charge is 2.12. The highest BCUT2D eigenvalue weighted by molar-refractivity contribution is 7.80. The van der Waals surface area contributed by atoms with E-state index in [2.05, 4.69) is 17.9 Å². The van der Waals surface area contributed by atoms with Gasteiger partial charge in [-0.05, 0) is 31.5 Å². The third-order valence-electron chi connectivity index (χ3n) is 2.59. The van der Waals surface area contributed by atoms with Gasteiger partial charge >= 0.3 is 0 Å². The second-order valence-corrected chi connectivity index (χ2v) is 5.59. The van der Waals surface area contributed by atoms with Crippen molar-refractivity contribution < 1.29 is 9.21 Å². The highest BCUT2D eigenvalue weighted by Crippen LogP contribution is 2.17. The molecule has 1 atom stereocenters. The van der Waals surface area contributed by atoms with Crippen molar-refractivity contribution in [1.82, 2.24) is 5.32 Å². The first kappa shape index (κ1) is 13.2. The van der Waals surface area contributed by atoms with Crippen molar-refractivity contribution in [2.24, 2.45) is 0 Å². The van der Waals surface area contributed by atoms with Crippen molar-refractivity contribution >= 4 is 29.9 Å². The summed E-state index contributed by atoms with van der Waals surface area (Å²) in [5.41, 5.74) is 0. The molecule has 96 valence electrons. The van der Waals surface area contributed by atoms with Crippen LogP contribution in [-0.4, -0.2) is 11.9 Å². The zero-order valence-corrected chi connectivity index (χ0v) is 11.8. The van der Waals surface area contributed by atoms with Crippen molar-refractivity contribution in [3.63, 3.8) is 0 Å². The molecule has 18 heavy (non-hydrogen) atoms. The molecule has 0 spiro atoms. The molecule has 1 N–H and O–H groups in total. The number of furan rings is 1. The summed E-state index contributed by atoms with van der Waals surface area (Å²) < 4.78 is 5.26. The largest absolute Gasteiger partial charge is 0.469 e. The van der Waals surface area contributed by atoms with E-state index in [-0.39, 0.29) is 11.9 Å². The average molecular weight is 281 g/mol. The molecule has 2 rings (SSSR count). The Bertz CT molecular complexity index is 505. The van der Waals surface area contributed by atoms with Crippen molar-refractivity contribution in [3.8, 4) is 0 Å². The van der Waals surface area contributed by atoms with Crippen LogP contribution in [0.2, 0.25) is 0 Å². The molecule has 0 aliphatic heterocycles. The van der Waals surface area contributed by atoms with Gasteiger partial charge in [0.05, 0.1) is 11.1 Å². The van der Waals surface area contributed by atoms with Crippen molar-refractivity contribution in [2.75, 3.05) is 0 Å². The Hall–Kier alpha value is -1.20. The molecule has 0 aliphatic rings. The molecule has 3 nitrogen and oxygen atoms in total. The summed E-state index contributed by atoms with van der Waals surface area (Å²) in [4.78, 5) is 13.4. The zero-order chi connectivity index (χ0) is 13.0. The molecule has 1 amide bonds. The number of carbonyl (C=O) groups excluding carboxylic acids is 1. The van der Waals surface area contributed by atoms with Gasteiger partial charge in [0, 0.05) is 22.7 Å². The third-order valence-corrected chi connectivity index (χ3v) is 3.95. The molecule has 0 aromatic carbocycles. The van der Waals surface area contributed by atoms with Crippen LogP contribution in [0.5, 0.6) is 0 Å². The van der Waals surface area contributed by atoms with Gasteiger partial charge in [-0.3, -0.25) is 4.79 Å². The maximum atomic E-state index is 11.9. The number of aryl methyl sites for hydroxylation is 1. The Kier molecular flexibility index (Phi) is 4.49. The molecule has 2 aromatic heterocycles. The summed E-state index contributed by atoms with van der Waals surface area (Å²) in [6.07, 6.45) is 3.35. The van der Waals surface area contributed by atoms with E-state index in [4.69, 9.17) is 4.42 Å². The van der Waals surface area contributed by atoms with Crippen LogP contribution in [0.4, 0.5) is 0 Å². The lowest BCUT2D eigenvalue weighted by molar-refractivity contribution is 0.0942. The Morgan fingerprint density at radius 3 is 3.06 bits per heavy atom. The molecule has 0 saturated heterocycles. The lowest BCUT2D eigenvalue weighted by Crippen LogP contribution is -2.32. The predicted molar refractivity (Wildman–Crippen MR) is 75.5 cm³/mol. The van der Waals surface area contributed by atoms with E-state index in [1.165, 1.54) is 11.3 Å². The SMILES string of the molecule is CC(CCc1ccco1)NC(=O)c1cc(S)cs1. The molecule has 1 unspecified atom stereocenters. The normalized spacial score (nSPS) is 12.3. The van der Waals surface area contributed by atoms with E-state index in [1.807, 2.05) is 24.4 Å². The van der Waals surface area contributed by atoms with Crippen LogP contribution in [-0.2, 0) is 6.42 Å². The molecular formula is C13H15NO2S2. The lowest BCUT2D eigenvalue weighted by Gasteiger charge is -2.12. The number of thiophene rings is 1. The van der Waals surface area contributed by atoms with E-state index < -0.39 is 0 Å². The van der Waals surface area contributed by atoms with Crippen LogP contribution < -0.4 is 5.32 Å². The fourth-order valence-electron chi connectivity index (χ4n) is 1.63. The molecule has 2 aromatic rings. The number of amides is 1. The van der Waals surface area contributed by atoms with Gasteiger partial charge in [-0.15, -0.1) is 24.0 Å². The van der Waals surface area contributed by atoms with E-state index in [1.54, 1.807) is 12.3 Å². The standard InChI is InChI=1S/C13H15NO2S2/c1-9(4-5-10-3-2-6-16-10)14-13(15)12-7-11(17)8-18-12/h2-3,6-9,17H,4-5H2,1H3,(H,14,15). The highest BCUT2D eigenvalue weighted by atomic mass is 32.1. The van der Waals surface area contributed by atoms with Gasteiger partial charge in [-0.2, -0.15) is 0 Å². The van der Waals surface area contributed by atoms with E-state index in [0.717, 1.165) is 23.5 Å². The average Bonchev–Trinajstić information content (AvgIpc) is 2.97. The summed E-state index contributed by atoms with van der Waals surface area (Å²) >= 11 is 5.60. The predicted octanol–water partition coefficient (Wildman–Crippen LogP) is 3.38. The molecule has 0 aliphatic carbocycles. The van der Waals surface area contributed by atoms with Gasteiger partial charge in [-0.25, -0.2) is 0 Å². The first-order chi connectivity index (χ1) is 8.65. The number of rotatable bonds is 5. The van der Waals surface area contributed by atoms with Crippen molar-refractivity contribution in [3.05, 3.63) is 40.5 Å². The Labute approximate surface area is 116 Å². The summed E-state index contributed by atoms with van der Waals surface area (Å²) in [6.45, 7) is 2.00. The summed E-state index contributed by atoms with van der Waals surface area (Å²) in [5.74, 6) is 0.914. The molecular weight excluding hydrogens is 266 g/mol. The number of hydrogen-bond acceptors (Lipinski definition) is 4. The number of thiol groups is 1. The minimum atomic E-state index is -0.0350.